The summed E-state index contributed by atoms with van der Waals surface area (Å²) in [7, 11) is 0. The molecule has 0 spiro atoms. The van der Waals surface area contributed by atoms with Crippen molar-refractivity contribution in [3.8, 4) is 0 Å². The number of hydrogen-bond donors (Lipinski definition) is 2. The first-order valence-electron chi connectivity index (χ1n) is 6.07. The van der Waals surface area contributed by atoms with Gasteiger partial charge in [0.2, 0.25) is 5.91 Å². The fourth-order valence-corrected chi connectivity index (χ4v) is 2.41. The van der Waals surface area contributed by atoms with Gasteiger partial charge in [0.25, 0.3) is 0 Å². The van der Waals surface area contributed by atoms with Gasteiger partial charge in [-0.25, -0.2) is 0 Å². The summed E-state index contributed by atoms with van der Waals surface area (Å²) < 4.78 is 1.95. The fourth-order valence-electron chi connectivity index (χ4n) is 1.54. The summed E-state index contributed by atoms with van der Waals surface area (Å²) in [6.45, 7) is 4.65. The predicted octanol–water partition coefficient (Wildman–Crippen LogP) is 1.60. The molecular formula is C12H17N5OS. The summed E-state index contributed by atoms with van der Waals surface area (Å²) in [6, 6.07) is 2.23. The molecule has 0 fully saturated rings. The Bertz CT molecular complexity index is 520. The van der Waals surface area contributed by atoms with Gasteiger partial charge in [-0.2, -0.15) is 0 Å². The van der Waals surface area contributed by atoms with E-state index in [1.54, 1.807) is 6.33 Å². The summed E-state index contributed by atoms with van der Waals surface area (Å²) in [6.07, 6.45) is 5.38. The van der Waals surface area contributed by atoms with Crippen LogP contribution in [0.2, 0.25) is 0 Å². The van der Waals surface area contributed by atoms with E-state index in [2.05, 4.69) is 34.3 Å². The first-order chi connectivity index (χ1) is 9.16. The number of nitrogens with zero attached hydrogens (tertiary/aromatic N) is 3. The maximum atomic E-state index is 11.7. The zero-order valence-corrected chi connectivity index (χ0v) is 11.8. The van der Waals surface area contributed by atoms with Gasteiger partial charge < -0.3 is 14.9 Å². The van der Waals surface area contributed by atoms with Crippen LogP contribution in [0.4, 0.5) is 0 Å². The van der Waals surface area contributed by atoms with Crippen LogP contribution in [-0.2, 0) is 11.3 Å². The molecule has 0 aromatic carbocycles. The number of carbonyl (C=O) groups is 1. The summed E-state index contributed by atoms with van der Waals surface area (Å²) >= 11 is 1.40. The molecule has 0 saturated carbocycles. The second-order valence-electron chi connectivity index (χ2n) is 4.40. The van der Waals surface area contributed by atoms with E-state index in [1.807, 2.05) is 23.0 Å². The lowest BCUT2D eigenvalue weighted by atomic mass is 10.3. The largest absolute Gasteiger partial charge is 0.367 e. The molecule has 0 aliphatic carbocycles. The molecule has 2 heterocycles. The van der Waals surface area contributed by atoms with Crippen LogP contribution in [0.15, 0.2) is 29.9 Å². The maximum Gasteiger partial charge on any atom is 0.230 e. The number of amides is 1. The molecule has 0 saturated heterocycles. The molecule has 2 N–H and O–H groups in total. The van der Waals surface area contributed by atoms with Crippen LogP contribution in [0.3, 0.4) is 0 Å². The highest BCUT2D eigenvalue weighted by molar-refractivity contribution is 7.99. The van der Waals surface area contributed by atoms with E-state index < -0.39 is 0 Å². The minimum Gasteiger partial charge on any atom is -0.367 e. The second kappa shape index (κ2) is 6.42. The lowest BCUT2D eigenvalue weighted by Gasteiger charge is -2.09. The number of aromatic nitrogens is 4. The third-order valence-electron chi connectivity index (χ3n) is 2.58. The van der Waals surface area contributed by atoms with Crippen molar-refractivity contribution in [3.05, 3.63) is 30.4 Å². The highest BCUT2D eigenvalue weighted by Gasteiger charge is 2.10. The van der Waals surface area contributed by atoms with E-state index in [0.29, 0.717) is 18.3 Å². The molecule has 6 nitrogen and oxygen atoms in total. The van der Waals surface area contributed by atoms with Gasteiger partial charge in [-0.15, -0.1) is 10.2 Å². The average Bonchev–Trinajstić information content (AvgIpc) is 3.04. The number of nitrogens with one attached hydrogen (secondary N) is 2. The highest BCUT2D eigenvalue weighted by atomic mass is 32.2. The molecule has 7 heteroatoms. The lowest BCUT2D eigenvalue weighted by molar-refractivity contribution is -0.118. The number of rotatable bonds is 6. The molecule has 2 aromatic heterocycles. The SMILES string of the molecule is CC(C)n1cnnc1SCC(=O)NCc1cc[nH]c1. The van der Waals surface area contributed by atoms with Crippen LogP contribution in [0.5, 0.6) is 0 Å². The number of hydrogen-bond acceptors (Lipinski definition) is 4. The lowest BCUT2D eigenvalue weighted by Crippen LogP contribution is -2.24. The first-order valence-corrected chi connectivity index (χ1v) is 7.06. The molecule has 0 unspecified atom stereocenters. The van der Waals surface area contributed by atoms with Gasteiger partial charge in [0.15, 0.2) is 5.16 Å². The smallest absolute Gasteiger partial charge is 0.230 e. The van der Waals surface area contributed by atoms with Crippen molar-refractivity contribution >= 4 is 17.7 Å². The highest BCUT2D eigenvalue weighted by Crippen LogP contribution is 2.18. The predicted molar refractivity (Wildman–Crippen MR) is 73.8 cm³/mol. The molecule has 2 aromatic rings. The van der Waals surface area contributed by atoms with Crippen LogP contribution in [0.1, 0.15) is 25.5 Å². The topological polar surface area (TPSA) is 75.6 Å². The van der Waals surface area contributed by atoms with E-state index >= 15 is 0 Å². The van der Waals surface area contributed by atoms with Crippen molar-refractivity contribution in [3.63, 3.8) is 0 Å². The zero-order chi connectivity index (χ0) is 13.7. The van der Waals surface area contributed by atoms with Gasteiger partial charge in [-0.1, -0.05) is 11.8 Å². The number of aromatic amines is 1. The molecule has 2 rings (SSSR count). The monoisotopic (exact) mass is 279 g/mol. The van der Waals surface area contributed by atoms with Crippen LogP contribution in [0, 0.1) is 0 Å². The third kappa shape index (κ3) is 3.85. The zero-order valence-electron chi connectivity index (χ0n) is 11.0. The molecule has 0 bridgehead atoms. The molecule has 102 valence electrons. The van der Waals surface area contributed by atoms with Gasteiger partial charge in [-0.3, -0.25) is 4.79 Å². The van der Waals surface area contributed by atoms with Crippen molar-refractivity contribution < 1.29 is 4.79 Å². The molecular weight excluding hydrogens is 262 g/mol. The summed E-state index contributed by atoms with van der Waals surface area (Å²) in [5.41, 5.74) is 1.06. The Morgan fingerprint density at radius 1 is 1.58 bits per heavy atom. The number of H-pyrrole nitrogens is 1. The Morgan fingerprint density at radius 3 is 3.11 bits per heavy atom. The van der Waals surface area contributed by atoms with Crippen LogP contribution in [-0.4, -0.2) is 31.4 Å². The molecule has 19 heavy (non-hydrogen) atoms. The van der Waals surface area contributed by atoms with Crippen molar-refractivity contribution in [1.82, 2.24) is 25.1 Å². The quantitative estimate of drug-likeness (QED) is 0.787. The van der Waals surface area contributed by atoms with Crippen LogP contribution >= 0.6 is 11.8 Å². The Balaban J connectivity index is 1.78. The van der Waals surface area contributed by atoms with Crippen LogP contribution in [0.25, 0.3) is 0 Å². The van der Waals surface area contributed by atoms with E-state index in [-0.39, 0.29) is 5.91 Å². The van der Waals surface area contributed by atoms with E-state index in [9.17, 15) is 4.79 Å². The van der Waals surface area contributed by atoms with Gasteiger partial charge >= 0.3 is 0 Å². The standard InChI is InChI=1S/C12H17N5OS/c1-9(2)17-8-15-16-12(17)19-7-11(18)14-6-10-3-4-13-5-10/h3-5,8-9,13H,6-7H2,1-2H3,(H,14,18). The summed E-state index contributed by atoms with van der Waals surface area (Å²) in [5.74, 6) is 0.333. The Labute approximate surface area is 116 Å². The number of carbonyl (C=O) groups excluding carboxylic acids is 1. The fraction of sp³-hybridized carbons (Fsp3) is 0.417. The minimum atomic E-state index is -0.00972. The summed E-state index contributed by atoms with van der Waals surface area (Å²) in [4.78, 5) is 14.7. The van der Waals surface area contributed by atoms with Crippen molar-refractivity contribution in [2.24, 2.45) is 0 Å². The van der Waals surface area contributed by atoms with E-state index in [4.69, 9.17) is 0 Å². The molecule has 1 amide bonds. The first kappa shape index (κ1) is 13.7. The van der Waals surface area contributed by atoms with Crippen molar-refractivity contribution in [2.75, 3.05) is 5.75 Å². The summed E-state index contributed by atoms with van der Waals surface area (Å²) in [5, 5.41) is 11.5. The van der Waals surface area contributed by atoms with Gasteiger partial charge in [0.05, 0.1) is 5.75 Å². The van der Waals surface area contributed by atoms with Gasteiger partial charge in [0.1, 0.15) is 6.33 Å². The van der Waals surface area contributed by atoms with Crippen LogP contribution < -0.4 is 5.32 Å². The number of thioether (sulfide) groups is 1. The third-order valence-corrected chi connectivity index (χ3v) is 3.54. The maximum absolute atomic E-state index is 11.7. The normalized spacial score (nSPS) is 10.9. The average molecular weight is 279 g/mol. The Morgan fingerprint density at radius 2 is 2.42 bits per heavy atom. The molecule has 0 radical (unpaired) electrons. The Kier molecular flexibility index (Phi) is 4.62. The molecule has 0 atom stereocenters. The van der Waals surface area contributed by atoms with E-state index in [1.165, 1.54) is 11.8 Å². The molecule has 0 aliphatic heterocycles. The van der Waals surface area contributed by atoms with Crippen molar-refractivity contribution in [1.29, 1.82) is 0 Å². The second-order valence-corrected chi connectivity index (χ2v) is 5.34. The molecule has 0 aliphatic rings. The van der Waals surface area contributed by atoms with Gasteiger partial charge in [0, 0.05) is 25.0 Å². The van der Waals surface area contributed by atoms with Gasteiger partial charge in [-0.05, 0) is 25.5 Å². The van der Waals surface area contributed by atoms with Crippen molar-refractivity contribution in [2.45, 2.75) is 31.6 Å². The van der Waals surface area contributed by atoms with E-state index in [0.717, 1.165) is 10.7 Å². The Hall–Kier alpha value is -1.76. The minimum absolute atomic E-state index is 0.00972.